The highest BCUT2D eigenvalue weighted by Gasteiger charge is 2.12. The predicted octanol–water partition coefficient (Wildman–Crippen LogP) is 3.34. The topological polar surface area (TPSA) is 85.2 Å². The standard InChI is InChI=1S/C14H10ClN3O2/c15-10-4-9(5-11(16)7-10)14-17-13(18-20-14)8-2-1-3-12(19)6-8/h1-7,19H,16H2. The highest BCUT2D eigenvalue weighted by atomic mass is 35.5. The molecule has 2 aromatic carbocycles. The molecule has 0 atom stereocenters. The van der Waals surface area contributed by atoms with Crippen LogP contribution in [0.3, 0.4) is 0 Å². The SMILES string of the molecule is Nc1cc(Cl)cc(-c2nc(-c3cccc(O)c3)no2)c1. The second kappa shape index (κ2) is 4.86. The number of halogens is 1. The summed E-state index contributed by atoms with van der Waals surface area (Å²) in [4.78, 5) is 4.27. The summed E-state index contributed by atoms with van der Waals surface area (Å²) in [6.45, 7) is 0. The number of rotatable bonds is 2. The number of phenolic OH excluding ortho intramolecular Hbond substituents is 1. The molecule has 0 aliphatic rings. The van der Waals surface area contributed by atoms with Gasteiger partial charge in [-0.05, 0) is 30.3 Å². The number of nitrogen functional groups attached to an aromatic ring is 1. The van der Waals surface area contributed by atoms with Crippen molar-refractivity contribution in [3.8, 4) is 28.6 Å². The Labute approximate surface area is 119 Å². The summed E-state index contributed by atoms with van der Waals surface area (Å²) in [6.07, 6.45) is 0. The molecule has 5 nitrogen and oxygen atoms in total. The van der Waals surface area contributed by atoms with Crippen molar-refractivity contribution in [3.05, 3.63) is 47.5 Å². The highest BCUT2D eigenvalue weighted by Crippen LogP contribution is 2.27. The summed E-state index contributed by atoms with van der Waals surface area (Å²) in [5.74, 6) is 0.841. The molecule has 0 saturated heterocycles. The van der Waals surface area contributed by atoms with E-state index in [2.05, 4.69) is 10.1 Å². The molecule has 1 aromatic heterocycles. The van der Waals surface area contributed by atoms with Gasteiger partial charge in [0.25, 0.3) is 5.89 Å². The summed E-state index contributed by atoms with van der Waals surface area (Å²) < 4.78 is 5.20. The third-order valence-corrected chi connectivity index (χ3v) is 2.92. The third kappa shape index (κ3) is 2.44. The van der Waals surface area contributed by atoms with Gasteiger partial charge >= 0.3 is 0 Å². The molecule has 0 fully saturated rings. The van der Waals surface area contributed by atoms with E-state index in [1.165, 1.54) is 0 Å². The van der Waals surface area contributed by atoms with Crippen LogP contribution in [0.4, 0.5) is 5.69 Å². The smallest absolute Gasteiger partial charge is 0.258 e. The van der Waals surface area contributed by atoms with Crippen LogP contribution in [0.2, 0.25) is 5.02 Å². The number of hydrogen-bond acceptors (Lipinski definition) is 5. The number of aromatic hydroxyl groups is 1. The maximum atomic E-state index is 9.45. The van der Waals surface area contributed by atoms with Crippen LogP contribution < -0.4 is 5.73 Å². The predicted molar refractivity (Wildman–Crippen MR) is 76.3 cm³/mol. The lowest BCUT2D eigenvalue weighted by Crippen LogP contribution is -1.86. The van der Waals surface area contributed by atoms with E-state index in [1.807, 2.05) is 0 Å². The quantitative estimate of drug-likeness (QED) is 0.706. The highest BCUT2D eigenvalue weighted by molar-refractivity contribution is 6.31. The Kier molecular flexibility index (Phi) is 3.04. The summed E-state index contributed by atoms with van der Waals surface area (Å²) in [5, 5.41) is 13.8. The van der Waals surface area contributed by atoms with E-state index >= 15 is 0 Å². The zero-order valence-electron chi connectivity index (χ0n) is 10.2. The number of aromatic nitrogens is 2. The minimum atomic E-state index is 0.140. The molecule has 1 heterocycles. The van der Waals surface area contributed by atoms with Crippen molar-refractivity contribution >= 4 is 17.3 Å². The van der Waals surface area contributed by atoms with Gasteiger partial charge in [-0.1, -0.05) is 28.9 Å². The van der Waals surface area contributed by atoms with Crippen LogP contribution in [0.5, 0.6) is 5.75 Å². The molecule has 3 aromatic rings. The molecule has 3 rings (SSSR count). The van der Waals surface area contributed by atoms with Crippen LogP contribution in [0.1, 0.15) is 0 Å². The maximum absolute atomic E-state index is 9.45. The number of anilines is 1. The van der Waals surface area contributed by atoms with Crippen LogP contribution in [0.15, 0.2) is 47.0 Å². The number of nitrogens with two attached hydrogens (primary N) is 1. The van der Waals surface area contributed by atoms with Crippen LogP contribution in [0.25, 0.3) is 22.8 Å². The molecular formula is C14H10ClN3O2. The largest absolute Gasteiger partial charge is 0.508 e. The molecule has 20 heavy (non-hydrogen) atoms. The second-order valence-electron chi connectivity index (χ2n) is 4.25. The minimum absolute atomic E-state index is 0.140. The Balaban J connectivity index is 2.02. The van der Waals surface area contributed by atoms with E-state index in [-0.39, 0.29) is 5.75 Å². The summed E-state index contributed by atoms with van der Waals surface area (Å²) in [6, 6.07) is 11.6. The zero-order valence-corrected chi connectivity index (χ0v) is 11.0. The van der Waals surface area contributed by atoms with Crippen LogP contribution in [-0.4, -0.2) is 15.2 Å². The first-order valence-corrected chi connectivity index (χ1v) is 6.19. The monoisotopic (exact) mass is 287 g/mol. The molecule has 0 unspecified atom stereocenters. The second-order valence-corrected chi connectivity index (χ2v) is 4.68. The van der Waals surface area contributed by atoms with E-state index in [9.17, 15) is 5.11 Å². The average molecular weight is 288 g/mol. The van der Waals surface area contributed by atoms with Crippen molar-refractivity contribution in [1.82, 2.24) is 10.1 Å². The molecule has 0 amide bonds. The van der Waals surface area contributed by atoms with Gasteiger partial charge in [0.1, 0.15) is 5.75 Å². The third-order valence-electron chi connectivity index (χ3n) is 2.70. The van der Waals surface area contributed by atoms with Gasteiger partial charge in [0, 0.05) is 21.8 Å². The van der Waals surface area contributed by atoms with Gasteiger partial charge < -0.3 is 15.4 Å². The number of hydrogen-bond donors (Lipinski definition) is 2. The molecular weight excluding hydrogens is 278 g/mol. The minimum Gasteiger partial charge on any atom is -0.508 e. The Morgan fingerprint density at radius 2 is 1.95 bits per heavy atom. The fraction of sp³-hybridized carbons (Fsp3) is 0. The van der Waals surface area contributed by atoms with Crippen LogP contribution >= 0.6 is 11.6 Å². The molecule has 6 heteroatoms. The molecule has 0 radical (unpaired) electrons. The van der Waals surface area contributed by atoms with Crippen molar-refractivity contribution < 1.29 is 9.63 Å². The Morgan fingerprint density at radius 1 is 1.10 bits per heavy atom. The van der Waals surface area contributed by atoms with E-state index in [4.69, 9.17) is 21.9 Å². The van der Waals surface area contributed by atoms with E-state index < -0.39 is 0 Å². The van der Waals surface area contributed by atoms with E-state index in [1.54, 1.807) is 42.5 Å². The fourth-order valence-electron chi connectivity index (χ4n) is 1.84. The van der Waals surface area contributed by atoms with Gasteiger partial charge in [0.05, 0.1) is 0 Å². The van der Waals surface area contributed by atoms with Crippen LogP contribution in [-0.2, 0) is 0 Å². The van der Waals surface area contributed by atoms with Crippen molar-refractivity contribution in [2.75, 3.05) is 5.73 Å². The fourth-order valence-corrected chi connectivity index (χ4v) is 2.08. The number of phenols is 1. The normalized spacial score (nSPS) is 10.7. The summed E-state index contributed by atoms with van der Waals surface area (Å²) in [7, 11) is 0. The first-order chi connectivity index (χ1) is 9.61. The summed E-state index contributed by atoms with van der Waals surface area (Å²) >= 11 is 5.94. The lowest BCUT2D eigenvalue weighted by Gasteiger charge is -1.98. The van der Waals surface area contributed by atoms with Gasteiger partial charge in [0.2, 0.25) is 5.82 Å². The molecule has 0 bridgehead atoms. The molecule has 0 spiro atoms. The van der Waals surface area contributed by atoms with Gasteiger partial charge in [-0.15, -0.1) is 0 Å². The first kappa shape index (κ1) is 12.5. The summed E-state index contributed by atoms with van der Waals surface area (Å²) in [5.41, 5.74) is 7.55. The number of nitrogens with zero attached hydrogens (tertiary/aromatic N) is 2. The van der Waals surface area contributed by atoms with Gasteiger partial charge in [-0.2, -0.15) is 4.98 Å². The molecule has 0 saturated carbocycles. The first-order valence-electron chi connectivity index (χ1n) is 5.81. The van der Waals surface area contributed by atoms with Crippen molar-refractivity contribution in [1.29, 1.82) is 0 Å². The van der Waals surface area contributed by atoms with Gasteiger partial charge in [0.15, 0.2) is 0 Å². The Hall–Kier alpha value is -2.53. The van der Waals surface area contributed by atoms with Crippen molar-refractivity contribution in [3.63, 3.8) is 0 Å². The number of benzene rings is 2. The van der Waals surface area contributed by atoms with Crippen molar-refractivity contribution in [2.24, 2.45) is 0 Å². The zero-order chi connectivity index (χ0) is 14.1. The van der Waals surface area contributed by atoms with Gasteiger partial charge in [-0.25, -0.2) is 0 Å². The Bertz CT molecular complexity index is 750. The maximum Gasteiger partial charge on any atom is 0.258 e. The van der Waals surface area contributed by atoms with Gasteiger partial charge in [-0.3, -0.25) is 0 Å². The lowest BCUT2D eigenvalue weighted by atomic mass is 10.2. The average Bonchev–Trinajstić information content (AvgIpc) is 2.87. The van der Waals surface area contributed by atoms with Crippen LogP contribution in [0, 0.1) is 0 Å². The molecule has 100 valence electrons. The Morgan fingerprint density at radius 3 is 2.70 bits per heavy atom. The molecule has 0 aliphatic carbocycles. The van der Waals surface area contributed by atoms with Crippen molar-refractivity contribution in [2.45, 2.75) is 0 Å². The molecule has 3 N–H and O–H groups in total. The lowest BCUT2D eigenvalue weighted by molar-refractivity contribution is 0.432. The van der Waals surface area contributed by atoms with E-state index in [0.29, 0.717) is 33.6 Å². The molecule has 0 aliphatic heterocycles. The van der Waals surface area contributed by atoms with E-state index in [0.717, 1.165) is 0 Å².